The molecular formula is C28H34BrN9O2. The van der Waals surface area contributed by atoms with Gasteiger partial charge in [0.05, 0.1) is 40.2 Å². The molecule has 2 aromatic carbocycles. The van der Waals surface area contributed by atoms with Gasteiger partial charge < -0.3 is 25.2 Å². The fraction of sp³-hybridized carbons (Fsp3) is 0.357. The number of nitrogens with zero attached hydrogens (tertiary/aromatic N) is 6. The first-order chi connectivity index (χ1) is 19.2. The smallest absolute Gasteiger partial charge is 0.255 e. The molecule has 0 saturated carbocycles. The molecule has 3 heterocycles. The first-order valence-electron chi connectivity index (χ1n) is 13.2. The van der Waals surface area contributed by atoms with Gasteiger partial charge in [-0.25, -0.2) is 4.98 Å². The summed E-state index contributed by atoms with van der Waals surface area (Å²) in [5.74, 6) is 1.45. The average Bonchev–Trinajstić information content (AvgIpc) is 3.41. The summed E-state index contributed by atoms with van der Waals surface area (Å²) in [5.41, 5.74) is 3.75. The molecule has 11 nitrogen and oxygen atoms in total. The molecule has 0 atom stereocenters. The first kappa shape index (κ1) is 27.7. The van der Waals surface area contributed by atoms with E-state index in [4.69, 9.17) is 4.74 Å². The number of aromatic nitrogens is 4. The predicted molar refractivity (Wildman–Crippen MR) is 162 cm³/mol. The third kappa shape index (κ3) is 5.82. The SMILES string of the molecule is COc1cc(N2CCN(C(C)C)CC2)ccc1Nc1ncc(Br)c(Nc2cc3cn[nH]c3cc2C(=O)N(C)C)n1. The minimum atomic E-state index is -0.141. The second-order valence-corrected chi connectivity index (χ2v) is 11.1. The van der Waals surface area contributed by atoms with Gasteiger partial charge >= 0.3 is 0 Å². The van der Waals surface area contributed by atoms with Crippen LogP contribution in [0.5, 0.6) is 5.75 Å². The van der Waals surface area contributed by atoms with Gasteiger partial charge in [-0.15, -0.1) is 0 Å². The lowest BCUT2D eigenvalue weighted by molar-refractivity contribution is 0.0828. The summed E-state index contributed by atoms with van der Waals surface area (Å²) < 4.78 is 6.37. The van der Waals surface area contributed by atoms with Crippen LogP contribution in [0.2, 0.25) is 0 Å². The Labute approximate surface area is 242 Å². The molecule has 2 aromatic heterocycles. The van der Waals surface area contributed by atoms with Crippen molar-refractivity contribution in [2.24, 2.45) is 0 Å². The van der Waals surface area contributed by atoms with E-state index in [0.717, 1.165) is 48.5 Å². The Morgan fingerprint density at radius 1 is 1.07 bits per heavy atom. The number of H-pyrrole nitrogens is 1. The van der Waals surface area contributed by atoms with Crippen LogP contribution < -0.4 is 20.3 Å². The summed E-state index contributed by atoms with van der Waals surface area (Å²) in [6.07, 6.45) is 3.38. The van der Waals surface area contributed by atoms with Crippen LogP contribution in [0.25, 0.3) is 10.9 Å². The Morgan fingerprint density at radius 2 is 1.85 bits per heavy atom. The highest BCUT2D eigenvalue weighted by molar-refractivity contribution is 9.10. The van der Waals surface area contributed by atoms with Crippen molar-refractivity contribution >= 4 is 61.6 Å². The number of halogens is 1. The van der Waals surface area contributed by atoms with Crippen LogP contribution in [0.1, 0.15) is 24.2 Å². The second-order valence-electron chi connectivity index (χ2n) is 10.2. The molecule has 12 heteroatoms. The van der Waals surface area contributed by atoms with Crippen LogP contribution in [0.15, 0.2) is 47.2 Å². The molecule has 0 unspecified atom stereocenters. The molecule has 1 aliphatic rings. The van der Waals surface area contributed by atoms with Crippen LogP contribution in [0.3, 0.4) is 0 Å². The predicted octanol–water partition coefficient (Wildman–Crippen LogP) is 4.84. The molecule has 40 heavy (non-hydrogen) atoms. The third-order valence-corrected chi connectivity index (χ3v) is 7.63. The van der Waals surface area contributed by atoms with Gasteiger partial charge in [-0.2, -0.15) is 10.1 Å². The van der Waals surface area contributed by atoms with Crippen LogP contribution in [-0.2, 0) is 0 Å². The fourth-order valence-electron chi connectivity index (χ4n) is 4.75. The van der Waals surface area contributed by atoms with Crippen molar-refractivity contribution in [3.05, 3.63) is 52.8 Å². The highest BCUT2D eigenvalue weighted by Crippen LogP contribution is 2.34. The number of amides is 1. The monoisotopic (exact) mass is 607 g/mol. The van der Waals surface area contributed by atoms with E-state index in [1.165, 1.54) is 4.90 Å². The number of rotatable bonds is 8. The molecule has 0 spiro atoms. The zero-order chi connectivity index (χ0) is 28.4. The molecule has 1 aliphatic heterocycles. The number of benzene rings is 2. The van der Waals surface area contributed by atoms with Crippen molar-refractivity contribution in [3.8, 4) is 5.75 Å². The van der Waals surface area contributed by atoms with Crippen LogP contribution in [0, 0.1) is 0 Å². The lowest BCUT2D eigenvalue weighted by atomic mass is 10.1. The molecule has 1 amide bonds. The van der Waals surface area contributed by atoms with Crippen molar-refractivity contribution < 1.29 is 9.53 Å². The van der Waals surface area contributed by atoms with E-state index in [-0.39, 0.29) is 5.91 Å². The molecule has 1 fully saturated rings. The maximum absolute atomic E-state index is 12.9. The Balaban J connectivity index is 1.38. The molecule has 3 N–H and O–H groups in total. The number of carbonyl (C=O) groups is 1. The number of fused-ring (bicyclic) bond motifs is 1. The van der Waals surface area contributed by atoms with Crippen molar-refractivity contribution in [2.75, 3.05) is 62.9 Å². The standard InChI is InChI=1S/C28H34BrN9O2/c1-17(2)37-8-10-38(11-9-37)19-6-7-22(25(13-19)40-5)33-28-30-16-21(29)26(34-28)32-24-12-18-15-31-35-23(18)14-20(24)27(39)36(3)4/h6-7,12-17H,8-11H2,1-5H3,(H,31,35)(H2,30,32,33,34). The number of ether oxygens (including phenoxy) is 1. The summed E-state index contributed by atoms with van der Waals surface area (Å²) in [5, 5.41) is 14.5. The van der Waals surface area contributed by atoms with Crippen molar-refractivity contribution in [3.63, 3.8) is 0 Å². The molecular weight excluding hydrogens is 574 g/mol. The Bertz CT molecular complexity index is 1510. The van der Waals surface area contributed by atoms with E-state index < -0.39 is 0 Å². The summed E-state index contributed by atoms with van der Waals surface area (Å²) in [6.45, 7) is 8.51. The van der Waals surface area contributed by atoms with Crippen LogP contribution in [-0.4, -0.2) is 89.3 Å². The number of piperazine rings is 1. The van der Waals surface area contributed by atoms with Gasteiger partial charge in [0, 0.05) is 69.7 Å². The lowest BCUT2D eigenvalue weighted by Crippen LogP contribution is -2.48. The number of hydrogen-bond acceptors (Lipinski definition) is 9. The normalized spacial score (nSPS) is 14.0. The lowest BCUT2D eigenvalue weighted by Gasteiger charge is -2.38. The molecule has 5 rings (SSSR count). The van der Waals surface area contributed by atoms with Gasteiger partial charge in [-0.3, -0.25) is 14.8 Å². The molecule has 210 valence electrons. The number of anilines is 5. The minimum absolute atomic E-state index is 0.141. The van der Waals surface area contributed by atoms with Crippen LogP contribution >= 0.6 is 15.9 Å². The zero-order valence-electron chi connectivity index (χ0n) is 23.3. The van der Waals surface area contributed by atoms with E-state index in [2.05, 4.69) is 76.4 Å². The summed E-state index contributed by atoms with van der Waals surface area (Å²) >= 11 is 3.54. The van der Waals surface area contributed by atoms with Gasteiger partial charge in [0.15, 0.2) is 0 Å². The van der Waals surface area contributed by atoms with E-state index >= 15 is 0 Å². The van der Waals surface area contributed by atoms with Crippen molar-refractivity contribution in [1.29, 1.82) is 0 Å². The Kier molecular flexibility index (Phi) is 8.08. The highest BCUT2D eigenvalue weighted by Gasteiger charge is 2.21. The highest BCUT2D eigenvalue weighted by atomic mass is 79.9. The van der Waals surface area contributed by atoms with E-state index in [1.54, 1.807) is 39.7 Å². The van der Waals surface area contributed by atoms with Gasteiger partial charge in [0.2, 0.25) is 5.95 Å². The van der Waals surface area contributed by atoms with E-state index in [1.807, 2.05) is 18.2 Å². The molecule has 0 aliphatic carbocycles. The molecule has 0 radical (unpaired) electrons. The van der Waals surface area contributed by atoms with Crippen molar-refractivity contribution in [2.45, 2.75) is 19.9 Å². The molecule has 1 saturated heterocycles. The van der Waals surface area contributed by atoms with Gasteiger partial charge in [-0.1, -0.05) is 0 Å². The summed E-state index contributed by atoms with van der Waals surface area (Å²) in [4.78, 5) is 28.5. The van der Waals surface area contributed by atoms with Gasteiger partial charge in [0.1, 0.15) is 11.6 Å². The van der Waals surface area contributed by atoms with Gasteiger partial charge in [0.25, 0.3) is 5.91 Å². The maximum Gasteiger partial charge on any atom is 0.255 e. The number of methoxy groups -OCH3 is 1. The zero-order valence-corrected chi connectivity index (χ0v) is 24.9. The first-order valence-corrected chi connectivity index (χ1v) is 13.9. The number of nitrogens with one attached hydrogen (secondary N) is 3. The van der Waals surface area contributed by atoms with Gasteiger partial charge in [-0.05, 0) is 54.0 Å². The molecule has 4 aromatic rings. The maximum atomic E-state index is 12.9. The topological polar surface area (TPSA) is 115 Å². The Hall–Kier alpha value is -3.90. The average molecular weight is 609 g/mol. The minimum Gasteiger partial charge on any atom is -0.494 e. The summed E-state index contributed by atoms with van der Waals surface area (Å²) in [7, 11) is 5.10. The van der Waals surface area contributed by atoms with Crippen LogP contribution in [0.4, 0.5) is 28.8 Å². The van der Waals surface area contributed by atoms with E-state index in [0.29, 0.717) is 39.3 Å². The number of carbonyl (C=O) groups excluding carboxylic acids is 1. The van der Waals surface area contributed by atoms with Crippen molar-refractivity contribution in [1.82, 2.24) is 30.0 Å². The molecule has 0 bridgehead atoms. The number of aromatic amines is 1. The van der Waals surface area contributed by atoms with E-state index in [9.17, 15) is 4.79 Å². The quantitative estimate of drug-likeness (QED) is 0.259. The third-order valence-electron chi connectivity index (χ3n) is 7.05. The largest absolute Gasteiger partial charge is 0.494 e. The fourth-order valence-corrected chi connectivity index (χ4v) is 5.04. The Morgan fingerprint density at radius 3 is 2.55 bits per heavy atom. The number of hydrogen-bond donors (Lipinski definition) is 3. The summed E-state index contributed by atoms with van der Waals surface area (Å²) in [6, 6.07) is 10.3. The second kappa shape index (κ2) is 11.7.